The molecule has 0 aromatic carbocycles. The van der Waals surface area contributed by atoms with Crippen LogP contribution in [0.4, 0.5) is 13.2 Å². The third kappa shape index (κ3) is 9.09. The molecule has 2 rings (SSSR count). The van der Waals surface area contributed by atoms with Crippen LogP contribution in [0, 0.1) is 6.92 Å². The van der Waals surface area contributed by atoms with Gasteiger partial charge in [-0.1, -0.05) is 19.3 Å². The van der Waals surface area contributed by atoms with Gasteiger partial charge in [-0.2, -0.15) is 24.9 Å². The fourth-order valence-corrected chi connectivity index (χ4v) is 4.00. The Morgan fingerprint density at radius 2 is 1.89 bits per heavy atom. The van der Waals surface area contributed by atoms with Crippen LogP contribution in [0.5, 0.6) is 0 Å². The summed E-state index contributed by atoms with van der Waals surface area (Å²) < 4.78 is 31.7. The number of aromatic nitrogens is 2. The molecule has 1 aromatic heterocycles. The van der Waals surface area contributed by atoms with E-state index in [4.69, 9.17) is 9.90 Å². The van der Waals surface area contributed by atoms with Gasteiger partial charge in [0.05, 0.1) is 5.54 Å². The third-order valence-electron chi connectivity index (χ3n) is 4.28. The van der Waals surface area contributed by atoms with Crippen molar-refractivity contribution in [3.8, 4) is 0 Å². The maximum Gasteiger partial charge on any atom is 0.490 e. The highest BCUT2D eigenvalue weighted by Crippen LogP contribution is 2.28. The largest absolute Gasteiger partial charge is 0.490 e. The van der Waals surface area contributed by atoms with Crippen molar-refractivity contribution < 1.29 is 23.1 Å². The van der Waals surface area contributed by atoms with Crippen molar-refractivity contribution in [3.63, 3.8) is 0 Å². The zero-order valence-corrected chi connectivity index (χ0v) is 17.2. The summed E-state index contributed by atoms with van der Waals surface area (Å²) >= 11 is 2.08. The van der Waals surface area contributed by atoms with Gasteiger partial charge < -0.3 is 15.4 Å². The third-order valence-corrected chi connectivity index (χ3v) is 5.66. The molecular formula is C18H28F3N3O3S. The molecule has 0 unspecified atom stereocenters. The molecule has 0 saturated heterocycles. The number of carboxylic acid groups (broad SMARTS) is 1. The average molecular weight is 424 g/mol. The fourth-order valence-electron chi connectivity index (χ4n) is 2.78. The highest BCUT2D eigenvalue weighted by molar-refractivity contribution is 7.99. The number of nitrogens with one attached hydrogen (secondary N) is 2. The first-order chi connectivity index (χ1) is 12.9. The van der Waals surface area contributed by atoms with Crippen molar-refractivity contribution in [2.24, 2.45) is 0 Å². The Kier molecular flexibility index (Phi) is 9.49. The second-order valence-electron chi connectivity index (χ2n) is 7.22. The van der Waals surface area contributed by atoms with Gasteiger partial charge in [-0.05, 0) is 33.6 Å². The van der Waals surface area contributed by atoms with Crippen LogP contribution in [0.2, 0.25) is 0 Å². The first-order valence-electron chi connectivity index (χ1n) is 9.17. The number of H-pyrrole nitrogens is 1. The van der Waals surface area contributed by atoms with E-state index in [1.807, 2.05) is 6.92 Å². The fraction of sp³-hybridized carbons (Fsp3) is 0.722. The maximum atomic E-state index is 11.6. The second-order valence-corrected chi connectivity index (χ2v) is 8.63. The molecule has 160 valence electrons. The van der Waals surface area contributed by atoms with E-state index in [-0.39, 0.29) is 11.1 Å². The minimum atomic E-state index is -5.08. The molecule has 1 heterocycles. The molecule has 0 radical (unpaired) electrons. The molecule has 0 atom stereocenters. The molecule has 1 fully saturated rings. The number of hydrogen-bond acceptors (Lipinski definition) is 5. The van der Waals surface area contributed by atoms with Gasteiger partial charge in [0.1, 0.15) is 5.82 Å². The zero-order valence-electron chi connectivity index (χ0n) is 16.4. The summed E-state index contributed by atoms with van der Waals surface area (Å²) in [6, 6.07) is 1.53. The summed E-state index contributed by atoms with van der Waals surface area (Å²) in [5.74, 6) is -0.924. The smallest absolute Gasteiger partial charge is 0.475 e. The van der Waals surface area contributed by atoms with Gasteiger partial charge in [0.2, 0.25) is 0 Å². The Bertz CT molecular complexity index is 687. The van der Waals surface area contributed by atoms with Crippen molar-refractivity contribution in [1.82, 2.24) is 15.3 Å². The highest BCUT2D eigenvalue weighted by Gasteiger charge is 2.38. The van der Waals surface area contributed by atoms with E-state index in [0.717, 1.165) is 29.1 Å². The molecule has 10 heteroatoms. The lowest BCUT2D eigenvalue weighted by atomic mass is 10.0. The van der Waals surface area contributed by atoms with Gasteiger partial charge in [0.25, 0.3) is 5.56 Å². The first-order valence-corrected chi connectivity index (χ1v) is 10.2. The standard InChI is InChI=1S/C16H27N3OS.C2HF3O2/c1-12-11-14(20)19-15(18-12)16(2,3)17-9-10-21-13-7-5-4-6-8-13;3-2(4,5)1(6)7/h11,13,17H,4-10H2,1-3H3,(H,18,19,20);(H,6,7). The molecule has 1 aromatic rings. The van der Waals surface area contributed by atoms with Crippen LogP contribution >= 0.6 is 11.8 Å². The molecule has 0 aliphatic heterocycles. The Balaban J connectivity index is 0.000000480. The number of thioether (sulfide) groups is 1. The average Bonchev–Trinajstić information content (AvgIpc) is 2.58. The lowest BCUT2D eigenvalue weighted by Crippen LogP contribution is -2.41. The Morgan fingerprint density at radius 3 is 2.39 bits per heavy atom. The lowest BCUT2D eigenvalue weighted by Gasteiger charge is -2.26. The van der Waals surface area contributed by atoms with E-state index in [9.17, 15) is 18.0 Å². The molecular weight excluding hydrogens is 395 g/mol. The minimum Gasteiger partial charge on any atom is -0.475 e. The summed E-state index contributed by atoms with van der Waals surface area (Å²) in [7, 11) is 0. The van der Waals surface area contributed by atoms with Crippen LogP contribution in [-0.4, -0.2) is 44.8 Å². The topological polar surface area (TPSA) is 95.1 Å². The molecule has 1 aliphatic carbocycles. The van der Waals surface area contributed by atoms with Crippen LogP contribution in [0.25, 0.3) is 0 Å². The van der Waals surface area contributed by atoms with Gasteiger partial charge in [-0.25, -0.2) is 9.78 Å². The Morgan fingerprint density at radius 1 is 1.32 bits per heavy atom. The number of rotatable bonds is 6. The SMILES string of the molecule is Cc1cc(=O)[nH]c(C(C)(C)NCCSC2CCCCC2)n1.O=C(O)C(F)(F)F. The molecule has 6 nitrogen and oxygen atoms in total. The van der Waals surface area contributed by atoms with Crippen LogP contribution in [0.15, 0.2) is 10.9 Å². The number of carboxylic acids is 1. The number of nitrogens with zero attached hydrogens (tertiary/aromatic N) is 1. The van der Waals surface area contributed by atoms with Crippen molar-refractivity contribution in [1.29, 1.82) is 0 Å². The van der Waals surface area contributed by atoms with Crippen molar-refractivity contribution >= 4 is 17.7 Å². The number of halogens is 3. The van der Waals surface area contributed by atoms with Gasteiger partial charge in [-0.15, -0.1) is 0 Å². The van der Waals surface area contributed by atoms with Gasteiger partial charge in [0, 0.05) is 29.3 Å². The molecule has 0 spiro atoms. The molecule has 1 aliphatic rings. The second kappa shape index (κ2) is 10.8. The predicted octanol–water partition coefficient (Wildman–Crippen LogP) is 3.60. The van der Waals surface area contributed by atoms with Gasteiger partial charge in [-0.3, -0.25) is 4.79 Å². The molecule has 1 saturated carbocycles. The summed E-state index contributed by atoms with van der Waals surface area (Å²) in [5.41, 5.74) is 0.377. The van der Waals surface area contributed by atoms with Gasteiger partial charge >= 0.3 is 12.1 Å². The number of aromatic amines is 1. The monoisotopic (exact) mass is 423 g/mol. The Hall–Kier alpha value is -1.55. The summed E-state index contributed by atoms with van der Waals surface area (Å²) in [4.78, 5) is 27.8. The normalized spacial score (nSPS) is 15.6. The van der Waals surface area contributed by atoms with E-state index in [0.29, 0.717) is 0 Å². The number of alkyl halides is 3. The van der Waals surface area contributed by atoms with Crippen molar-refractivity contribution in [2.75, 3.05) is 12.3 Å². The van der Waals surface area contributed by atoms with E-state index in [1.165, 1.54) is 38.2 Å². The zero-order chi connectivity index (χ0) is 21.4. The quantitative estimate of drug-likeness (QED) is 0.605. The van der Waals surface area contributed by atoms with E-state index in [1.54, 1.807) is 0 Å². The summed E-state index contributed by atoms with van der Waals surface area (Å²) in [5, 5.41) is 11.5. The molecule has 3 N–H and O–H groups in total. The number of aliphatic carboxylic acids is 1. The number of carbonyl (C=O) groups is 1. The van der Waals surface area contributed by atoms with Crippen LogP contribution in [0.1, 0.15) is 57.5 Å². The number of hydrogen-bond donors (Lipinski definition) is 3. The van der Waals surface area contributed by atoms with Gasteiger partial charge in [0.15, 0.2) is 0 Å². The Labute approximate surface area is 166 Å². The lowest BCUT2D eigenvalue weighted by molar-refractivity contribution is -0.192. The number of aryl methyl sites for hydroxylation is 1. The van der Waals surface area contributed by atoms with Crippen LogP contribution in [-0.2, 0) is 10.3 Å². The summed E-state index contributed by atoms with van der Waals surface area (Å²) in [6.45, 7) is 6.92. The minimum absolute atomic E-state index is 0.0797. The molecule has 0 bridgehead atoms. The predicted molar refractivity (Wildman–Crippen MR) is 104 cm³/mol. The van der Waals surface area contributed by atoms with Crippen LogP contribution < -0.4 is 10.9 Å². The maximum absolute atomic E-state index is 11.6. The van der Waals surface area contributed by atoms with Crippen molar-refractivity contribution in [2.45, 2.75) is 69.8 Å². The van der Waals surface area contributed by atoms with Crippen molar-refractivity contribution in [3.05, 3.63) is 27.9 Å². The first kappa shape index (κ1) is 24.5. The van der Waals surface area contributed by atoms with E-state index in [2.05, 4.69) is 40.9 Å². The highest BCUT2D eigenvalue weighted by atomic mass is 32.2. The van der Waals surface area contributed by atoms with E-state index < -0.39 is 12.1 Å². The molecule has 28 heavy (non-hydrogen) atoms. The van der Waals surface area contributed by atoms with E-state index >= 15 is 0 Å². The van der Waals surface area contributed by atoms with Crippen LogP contribution in [0.3, 0.4) is 0 Å². The molecule has 0 amide bonds. The summed E-state index contributed by atoms with van der Waals surface area (Å²) in [6.07, 6.45) is 1.87.